The minimum absolute atomic E-state index is 0.0503. The van der Waals surface area contributed by atoms with Crippen LogP contribution in [-0.4, -0.2) is 25.7 Å². The Morgan fingerprint density at radius 3 is 2.64 bits per heavy atom. The standard InChI is InChI=1S/C16H16F3N5O/c17-16(18,19)12-7-20-6-5-11(12)15(25)21-8-13-22-23-14(9-1-2-9)24(13)10-3-4-10/h5-7,9-10H,1-4,8H2,(H,21,25). The normalized spacial score (nSPS) is 17.6. The predicted molar refractivity (Wildman–Crippen MR) is 80.7 cm³/mol. The summed E-state index contributed by atoms with van der Waals surface area (Å²) < 4.78 is 41.1. The smallest absolute Gasteiger partial charge is 0.345 e. The number of carbonyl (C=O) groups is 1. The molecule has 1 amide bonds. The van der Waals surface area contributed by atoms with Crippen LogP contribution in [0.2, 0.25) is 0 Å². The maximum absolute atomic E-state index is 13.0. The summed E-state index contributed by atoms with van der Waals surface area (Å²) in [6.07, 6.45) is 1.46. The van der Waals surface area contributed by atoms with E-state index in [1.807, 2.05) is 0 Å². The van der Waals surface area contributed by atoms with Crippen LogP contribution in [0.3, 0.4) is 0 Å². The fourth-order valence-corrected chi connectivity index (χ4v) is 2.88. The molecule has 2 aromatic rings. The zero-order chi connectivity index (χ0) is 17.6. The average molecular weight is 351 g/mol. The summed E-state index contributed by atoms with van der Waals surface area (Å²) in [5, 5.41) is 10.9. The summed E-state index contributed by atoms with van der Waals surface area (Å²) in [7, 11) is 0. The van der Waals surface area contributed by atoms with E-state index in [0.717, 1.165) is 37.6 Å². The predicted octanol–water partition coefficient (Wildman–Crippen LogP) is 2.83. The van der Waals surface area contributed by atoms with Crippen molar-refractivity contribution in [2.75, 3.05) is 0 Å². The summed E-state index contributed by atoms with van der Waals surface area (Å²) in [6, 6.07) is 1.42. The molecule has 0 spiro atoms. The number of amides is 1. The molecule has 0 radical (unpaired) electrons. The van der Waals surface area contributed by atoms with Crippen LogP contribution in [0.4, 0.5) is 13.2 Å². The van der Waals surface area contributed by atoms with E-state index < -0.39 is 23.2 Å². The molecule has 0 saturated heterocycles. The summed E-state index contributed by atoms with van der Waals surface area (Å²) in [5.74, 6) is 1.16. The first-order valence-electron chi connectivity index (χ1n) is 8.18. The maximum atomic E-state index is 13.0. The third kappa shape index (κ3) is 3.22. The number of aromatic nitrogens is 4. The number of alkyl halides is 3. The molecule has 9 heteroatoms. The molecule has 0 aliphatic heterocycles. The Kier molecular flexibility index (Phi) is 3.73. The molecule has 0 bridgehead atoms. The largest absolute Gasteiger partial charge is 0.418 e. The molecule has 2 heterocycles. The Labute approximate surface area is 141 Å². The number of rotatable bonds is 5. The second kappa shape index (κ2) is 5.82. The molecule has 2 saturated carbocycles. The Morgan fingerprint density at radius 1 is 1.24 bits per heavy atom. The summed E-state index contributed by atoms with van der Waals surface area (Å²) >= 11 is 0. The van der Waals surface area contributed by atoms with Crippen LogP contribution in [0.5, 0.6) is 0 Å². The molecule has 25 heavy (non-hydrogen) atoms. The number of nitrogens with one attached hydrogen (secondary N) is 1. The van der Waals surface area contributed by atoms with Crippen molar-refractivity contribution in [2.24, 2.45) is 0 Å². The fourth-order valence-electron chi connectivity index (χ4n) is 2.88. The van der Waals surface area contributed by atoms with Crippen molar-refractivity contribution in [3.63, 3.8) is 0 Å². The van der Waals surface area contributed by atoms with Gasteiger partial charge in [-0.15, -0.1) is 10.2 Å². The molecule has 1 N–H and O–H groups in total. The monoisotopic (exact) mass is 351 g/mol. The Morgan fingerprint density at radius 2 is 2.00 bits per heavy atom. The van der Waals surface area contributed by atoms with Gasteiger partial charge in [-0.05, 0) is 31.7 Å². The van der Waals surface area contributed by atoms with Gasteiger partial charge in [0.15, 0.2) is 5.82 Å². The van der Waals surface area contributed by atoms with Crippen LogP contribution in [0, 0.1) is 0 Å². The van der Waals surface area contributed by atoms with Crippen molar-refractivity contribution >= 4 is 5.91 Å². The minimum atomic E-state index is -4.63. The zero-order valence-electron chi connectivity index (χ0n) is 13.3. The number of pyridine rings is 1. The van der Waals surface area contributed by atoms with E-state index in [-0.39, 0.29) is 6.54 Å². The van der Waals surface area contributed by atoms with Gasteiger partial charge in [-0.25, -0.2) is 0 Å². The second-order valence-corrected chi connectivity index (χ2v) is 6.45. The summed E-state index contributed by atoms with van der Waals surface area (Å²) in [4.78, 5) is 15.7. The molecule has 2 aliphatic carbocycles. The van der Waals surface area contributed by atoms with Gasteiger partial charge in [-0.3, -0.25) is 9.78 Å². The van der Waals surface area contributed by atoms with E-state index >= 15 is 0 Å². The number of carbonyl (C=O) groups excluding carboxylic acids is 1. The first-order valence-corrected chi connectivity index (χ1v) is 8.18. The minimum Gasteiger partial charge on any atom is -0.345 e. The van der Waals surface area contributed by atoms with Crippen LogP contribution in [0.25, 0.3) is 0 Å². The molecule has 0 unspecified atom stereocenters. The molecule has 0 atom stereocenters. The number of hydrogen-bond donors (Lipinski definition) is 1. The maximum Gasteiger partial charge on any atom is 0.418 e. The van der Waals surface area contributed by atoms with Gasteiger partial charge < -0.3 is 9.88 Å². The van der Waals surface area contributed by atoms with Gasteiger partial charge in [0.05, 0.1) is 17.7 Å². The SMILES string of the molecule is O=C(NCc1nnc(C2CC2)n1C1CC1)c1ccncc1C(F)(F)F. The van der Waals surface area contributed by atoms with Gasteiger partial charge in [-0.1, -0.05) is 0 Å². The van der Waals surface area contributed by atoms with E-state index in [9.17, 15) is 18.0 Å². The molecular weight excluding hydrogens is 335 g/mol. The second-order valence-electron chi connectivity index (χ2n) is 6.45. The van der Waals surface area contributed by atoms with Crippen LogP contribution in [0.1, 0.15) is 65.2 Å². The van der Waals surface area contributed by atoms with Crippen molar-refractivity contribution in [2.45, 2.75) is 50.4 Å². The van der Waals surface area contributed by atoms with E-state index in [4.69, 9.17) is 0 Å². The van der Waals surface area contributed by atoms with Gasteiger partial charge in [-0.2, -0.15) is 13.2 Å². The van der Waals surface area contributed by atoms with Crippen molar-refractivity contribution in [1.29, 1.82) is 0 Å². The number of hydrogen-bond acceptors (Lipinski definition) is 4. The topological polar surface area (TPSA) is 72.7 Å². The van der Waals surface area contributed by atoms with E-state index in [0.29, 0.717) is 24.0 Å². The highest BCUT2D eigenvalue weighted by Gasteiger charge is 2.37. The highest BCUT2D eigenvalue weighted by atomic mass is 19.4. The number of halogens is 3. The van der Waals surface area contributed by atoms with E-state index in [2.05, 4.69) is 25.1 Å². The lowest BCUT2D eigenvalue weighted by Crippen LogP contribution is -2.27. The van der Waals surface area contributed by atoms with Crippen LogP contribution < -0.4 is 5.32 Å². The first-order chi connectivity index (χ1) is 11.9. The highest BCUT2D eigenvalue weighted by Crippen LogP contribution is 2.44. The lowest BCUT2D eigenvalue weighted by molar-refractivity contribution is -0.138. The molecule has 6 nitrogen and oxygen atoms in total. The Hall–Kier alpha value is -2.45. The molecule has 0 aromatic carbocycles. The highest BCUT2D eigenvalue weighted by molar-refractivity contribution is 5.95. The fraction of sp³-hybridized carbons (Fsp3) is 0.500. The third-order valence-corrected chi connectivity index (χ3v) is 4.43. The van der Waals surface area contributed by atoms with Crippen LogP contribution in [0.15, 0.2) is 18.5 Å². The Bertz CT molecular complexity index is 808. The lowest BCUT2D eigenvalue weighted by atomic mass is 10.1. The third-order valence-electron chi connectivity index (χ3n) is 4.43. The average Bonchev–Trinajstić information content (AvgIpc) is 3.50. The van der Waals surface area contributed by atoms with Gasteiger partial charge in [0, 0.05) is 24.4 Å². The molecular formula is C16H16F3N5O. The summed E-state index contributed by atoms with van der Waals surface area (Å²) in [6.45, 7) is 0.0503. The van der Waals surface area contributed by atoms with Crippen molar-refractivity contribution in [1.82, 2.24) is 25.1 Å². The quantitative estimate of drug-likeness (QED) is 0.899. The van der Waals surface area contributed by atoms with Crippen molar-refractivity contribution < 1.29 is 18.0 Å². The van der Waals surface area contributed by atoms with Crippen LogP contribution >= 0.6 is 0 Å². The zero-order valence-corrected chi connectivity index (χ0v) is 13.3. The van der Waals surface area contributed by atoms with Crippen LogP contribution in [-0.2, 0) is 12.7 Å². The van der Waals surface area contributed by atoms with E-state index in [1.54, 1.807) is 0 Å². The van der Waals surface area contributed by atoms with Gasteiger partial charge >= 0.3 is 6.18 Å². The molecule has 2 fully saturated rings. The van der Waals surface area contributed by atoms with Gasteiger partial charge in [0.1, 0.15) is 5.82 Å². The van der Waals surface area contributed by atoms with E-state index in [1.165, 1.54) is 6.20 Å². The number of nitrogens with zero attached hydrogens (tertiary/aromatic N) is 4. The molecule has 2 aromatic heterocycles. The first kappa shape index (κ1) is 16.0. The molecule has 132 valence electrons. The van der Waals surface area contributed by atoms with Crippen molar-refractivity contribution in [3.05, 3.63) is 41.2 Å². The van der Waals surface area contributed by atoms with Gasteiger partial charge in [0.25, 0.3) is 5.91 Å². The van der Waals surface area contributed by atoms with Gasteiger partial charge in [0.2, 0.25) is 0 Å². The van der Waals surface area contributed by atoms with Crippen molar-refractivity contribution in [3.8, 4) is 0 Å². The lowest BCUT2D eigenvalue weighted by Gasteiger charge is -2.13. The Balaban J connectivity index is 1.52. The molecule has 2 aliphatic rings. The molecule has 4 rings (SSSR count). The summed E-state index contributed by atoms with van der Waals surface area (Å²) in [5.41, 5.74) is -1.49.